The van der Waals surface area contributed by atoms with Crippen LogP contribution >= 0.6 is 24.8 Å². The average Bonchev–Trinajstić information content (AvgIpc) is 2.42. The number of hydrogen-bond donors (Lipinski definition) is 3. The van der Waals surface area contributed by atoms with E-state index in [-0.39, 0.29) is 49.7 Å². The number of nitrogens with one attached hydrogen (secondary N) is 3. The number of rotatable bonds is 8. The number of ether oxygens (including phenoxy) is 1. The maximum Gasteiger partial charge on any atom is 0.243 e. The first-order chi connectivity index (χ1) is 9.22. The zero-order valence-electron chi connectivity index (χ0n) is 11.6. The molecule has 1 aromatic rings. The number of amides is 2. The highest BCUT2D eigenvalue weighted by molar-refractivity contribution is 5.94. The zero-order chi connectivity index (χ0) is 13.9. The van der Waals surface area contributed by atoms with E-state index in [9.17, 15) is 9.59 Å². The van der Waals surface area contributed by atoms with Gasteiger partial charge in [0.2, 0.25) is 11.8 Å². The zero-order valence-corrected chi connectivity index (χ0v) is 13.3. The lowest BCUT2D eigenvalue weighted by Crippen LogP contribution is -2.39. The van der Waals surface area contributed by atoms with E-state index >= 15 is 0 Å². The first-order valence-electron chi connectivity index (χ1n) is 5.88. The SMILES string of the molecule is COCCNCC(=O)NCC(=O)Nc1cccnc1.Cl.Cl. The standard InChI is InChI=1S/C12H18N4O3.2ClH/c1-19-6-5-14-8-11(17)15-9-12(18)16-10-3-2-4-13-7-10;;/h2-4,7,14H,5-6,8-9H2,1H3,(H,15,17)(H,16,18);2*1H. The molecule has 0 radical (unpaired) electrons. The molecule has 0 spiro atoms. The van der Waals surface area contributed by atoms with Crippen LogP contribution in [0.5, 0.6) is 0 Å². The molecular weight excluding hydrogens is 319 g/mol. The summed E-state index contributed by atoms with van der Waals surface area (Å²) in [6, 6.07) is 3.44. The predicted molar refractivity (Wildman–Crippen MR) is 85.1 cm³/mol. The molecule has 120 valence electrons. The third-order valence-corrected chi connectivity index (χ3v) is 2.16. The van der Waals surface area contributed by atoms with E-state index in [1.165, 1.54) is 6.20 Å². The summed E-state index contributed by atoms with van der Waals surface area (Å²) in [5, 5.41) is 8.00. The van der Waals surface area contributed by atoms with Gasteiger partial charge in [0.05, 0.1) is 31.6 Å². The molecule has 0 aliphatic rings. The Hall–Kier alpha value is -1.41. The van der Waals surface area contributed by atoms with Crippen molar-refractivity contribution in [1.82, 2.24) is 15.6 Å². The van der Waals surface area contributed by atoms with Gasteiger partial charge in [0, 0.05) is 19.9 Å². The van der Waals surface area contributed by atoms with Gasteiger partial charge in [-0.1, -0.05) is 0 Å². The number of aromatic nitrogens is 1. The molecule has 2 amide bonds. The van der Waals surface area contributed by atoms with E-state index in [0.29, 0.717) is 18.8 Å². The number of anilines is 1. The number of carbonyl (C=O) groups excluding carboxylic acids is 2. The molecule has 0 saturated heterocycles. The van der Waals surface area contributed by atoms with Gasteiger partial charge >= 0.3 is 0 Å². The largest absolute Gasteiger partial charge is 0.383 e. The van der Waals surface area contributed by atoms with Crippen LogP contribution < -0.4 is 16.0 Å². The van der Waals surface area contributed by atoms with Crippen molar-refractivity contribution >= 4 is 42.3 Å². The van der Waals surface area contributed by atoms with E-state index in [1.54, 1.807) is 25.4 Å². The lowest BCUT2D eigenvalue weighted by molar-refractivity contribution is -0.123. The van der Waals surface area contributed by atoms with Crippen LogP contribution in [0.1, 0.15) is 0 Å². The molecule has 0 bridgehead atoms. The lowest BCUT2D eigenvalue weighted by atomic mass is 10.4. The normalized spacial score (nSPS) is 9.00. The van der Waals surface area contributed by atoms with Crippen LogP contribution in [0.2, 0.25) is 0 Å². The predicted octanol–water partition coefficient (Wildman–Crippen LogP) is 0.216. The fourth-order valence-electron chi connectivity index (χ4n) is 1.26. The van der Waals surface area contributed by atoms with Crippen molar-refractivity contribution in [3.8, 4) is 0 Å². The number of pyridine rings is 1. The highest BCUT2D eigenvalue weighted by atomic mass is 35.5. The number of carbonyl (C=O) groups is 2. The van der Waals surface area contributed by atoms with Gasteiger partial charge in [-0.05, 0) is 12.1 Å². The topological polar surface area (TPSA) is 92.4 Å². The maximum atomic E-state index is 11.5. The summed E-state index contributed by atoms with van der Waals surface area (Å²) in [7, 11) is 1.59. The van der Waals surface area contributed by atoms with Crippen LogP contribution in [0.25, 0.3) is 0 Å². The molecule has 7 nitrogen and oxygen atoms in total. The molecule has 0 aliphatic carbocycles. The Balaban J connectivity index is 0. The third-order valence-electron chi connectivity index (χ3n) is 2.16. The summed E-state index contributed by atoms with van der Waals surface area (Å²) in [5.74, 6) is -0.532. The second kappa shape index (κ2) is 13.6. The second-order valence-electron chi connectivity index (χ2n) is 3.74. The van der Waals surface area contributed by atoms with Gasteiger partial charge in [0.15, 0.2) is 0 Å². The summed E-state index contributed by atoms with van der Waals surface area (Å²) >= 11 is 0. The molecule has 1 aromatic heterocycles. The van der Waals surface area contributed by atoms with Gasteiger partial charge in [-0.15, -0.1) is 24.8 Å². The van der Waals surface area contributed by atoms with Crippen molar-refractivity contribution < 1.29 is 14.3 Å². The van der Waals surface area contributed by atoms with Crippen LogP contribution in [0.3, 0.4) is 0 Å². The fraction of sp³-hybridized carbons (Fsp3) is 0.417. The number of hydrogen-bond acceptors (Lipinski definition) is 5. The number of methoxy groups -OCH3 is 1. The van der Waals surface area contributed by atoms with Crippen molar-refractivity contribution in [3.63, 3.8) is 0 Å². The Bertz CT molecular complexity index is 407. The van der Waals surface area contributed by atoms with Crippen LogP contribution in [-0.2, 0) is 14.3 Å². The second-order valence-corrected chi connectivity index (χ2v) is 3.74. The van der Waals surface area contributed by atoms with Crippen LogP contribution in [0.4, 0.5) is 5.69 Å². The number of nitrogens with zero attached hydrogens (tertiary/aromatic N) is 1. The molecule has 0 atom stereocenters. The van der Waals surface area contributed by atoms with Crippen molar-refractivity contribution in [2.24, 2.45) is 0 Å². The highest BCUT2D eigenvalue weighted by Gasteiger charge is 2.05. The maximum absolute atomic E-state index is 11.5. The Kier molecular flexibility index (Phi) is 14.1. The summed E-state index contributed by atoms with van der Waals surface area (Å²) in [6.07, 6.45) is 3.15. The van der Waals surface area contributed by atoms with Gasteiger partial charge in [-0.2, -0.15) is 0 Å². The van der Waals surface area contributed by atoms with E-state index in [0.717, 1.165) is 0 Å². The lowest BCUT2D eigenvalue weighted by Gasteiger charge is -2.07. The van der Waals surface area contributed by atoms with Crippen LogP contribution in [-0.4, -0.2) is 50.1 Å². The van der Waals surface area contributed by atoms with E-state index in [2.05, 4.69) is 20.9 Å². The molecule has 9 heteroatoms. The molecule has 3 N–H and O–H groups in total. The Morgan fingerprint density at radius 3 is 2.62 bits per heavy atom. The minimum atomic E-state index is -0.293. The quantitative estimate of drug-likeness (QED) is 0.589. The van der Waals surface area contributed by atoms with Gasteiger partial charge < -0.3 is 20.7 Å². The summed E-state index contributed by atoms with van der Waals surface area (Å²) < 4.78 is 4.82. The van der Waals surface area contributed by atoms with E-state index < -0.39 is 0 Å². The monoisotopic (exact) mass is 338 g/mol. The first kappa shape index (κ1) is 21.9. The molecule has 0 fully saturated rings. The molecule has 0 aromatic carbocycles. The van der Waals surface area contributed by atoms with Crippen molar-refractivity contribution in [1.29, 1.82) is 0 Å². The van der Waals surface area contributed by atoms with E-state index in [1.807, 2.05) is 0 Å². The van der Waals surface area contributed by atoms with E-state index in [4.69, 9.17) is 4.74 Å². The highest BCUT2D eigenvalue weighted by Crippen LogP contribution is 2.01. The van der Waals surface area contributed by atoms with Crippen LogP contribution in [0, 0.1) is 0 Å². The average molecular weight is 339 g/mol. The smallest absolute Gasteiger partial charge is 0.243 e. The van der Waals surface area contributed by atoms with Gasteiger partial charge in [-0.3, -0.25) is 14.6 Å². The summed E-state index contributed by atoms with van der Waals surface area (Å²) in [5.41, 5.74) is 0.597. The number of halogens is 2. The summed E-state index contributed by atoms with van der Waals surface area (Å²) in [6.45, 7) is 1.21. The Morgan fingerprint density at radius 1 is 1.24 bits per heavy atom. The molecule has 1 heterocycles. The van der Waals surface area contributed by atoms with Gasteiger partial charge in [0.25, 0.3) is 0 Å². The molecule has 1 rings (SSSR count). The molecule has 0 aliphatic heterocycles. The Morgan fingerprint density at radius 2 is 2.00 bits per heavy atom. The van der Waals surface area contributed by atoms with Crippen molar-refractivity contribution in [2.45, 2.75) is 0 Å². The molecular formula is C12H20Cl2N4O3. The molecule has 0 saturated carbocycles. The van der Waals surface area contributed by atoms with Gasteiger partial charge in [-0.25, -0.2) is 0 Å². The first-order valence-corrected chi connectivity index (χ1v) is 5.88. The van der Waals surface area contributed by atoms with Gasteiger partial charge in [0.1, 0.15) is 0 Å². The minimum absolute atomic E-state index is 0. The van der Waals surface area contributed by atoms with Crippen molar-refractivity contribution in [2.75, 3.05) is 38.7 Å². The molecule has 21 heavy (non-hydrogen) atoms. The van der Waals surface area contributed by atoms with Crippen molar-refractivity contribution in [3.05, 3.63) is 24.5 Å². The molecule has 0 unspecified atom stereocenters. The Labute approximate surface area is 136 Å². The summed E-state index contributed by atoms with van der Waals surface area (Å²) in [4.78, 5) is 26.7. The van der Waals surface area contributed by atoms with Crippen LogP contribution in [0.15, 0.2) is 24.5 Å². The minimum Gasteiger partial charge on any atom is -0.383 e. The fourth-order valence-corrected chi connectivity index (χ4v) is 1.26. The third kappa shape index (κ3) is 11.0.